The van der Waals surface area contributed by atoms with E-state index in [-0.39, 0.29) is 0 Å². The summed E-state index contributed by atoms with van der Waals surface area (Å²) in [6.45, 7) is 2.59. The first-order valence-electron chi connectivity index (χ1n) is 9.31. The van der Waals surface area contributed by atoms with Gasteiger partial charge in [0.25, 0.3) is 0 Å². The van der Waals surface area contributed by atoms with E-state index in [2.05, 4.69) is 26.3 Å². The maximum absolute atomic E-state index is 6.09. The van der Waals surface area contributed by atoms with Gasteiger partial charge in [0.05, 0.1) is 27.7 Å². The Balaban J connectivity index is 1.39. The summed E-state index contributed by atoms with van der Waals surface area (Å²) in [6.07, 6.45) is 1.58. The van der Waals surface area contributed by atoms with Crippen molar-refractivity contribution in [1.29, 1.82) is 0 Å². The van der Waals surface area contributed by atoms with E-state index in [4.69, 9.17) is 9.47 Å². The molecule has 8 heteroatoms. The zero-order chi connectivity index (χ0) is 20.5. The predicted molar refractivity (Wildman–Crippen MR) is 122 cm³/mol. The summed E-state index contributed by atoms with van der Waals surface area (Å²) in [5.74, 6) is 2.36. The van der Waals surface area contributed by atoms with Gasteiger partial charge in [-0.2, -0.15) is 0 Å². The van der Waals surface area contributed by atoms with Crippen LogP contribution in [0.2, 0.25) is 0 Å². The number of anilines is 2. The van der Waals surface area contributed by atoms with E-state index in [0.29, 0.717) is 6.61 Å². The van der Waals surface area contributed by atoms with Crippen LogP contribution in [0.1, 0.15) is 10.4 Å². The highest BCUT2D eigenvalue weighted by Crippen LogP contribution is 2.33. The van der Waals surface area contributed by atoms with Crippen LogP contribution in [0.4, 0.5) is 11.5 Å². The summed E-state index contributed by atoms with van der Waals surface area (Å²) in [5, 5.41) is 4.40. The van der Waals surface area contributed by atoms with E-state index in [1.165, 1.54) is 0 Å². The number of nitrogens with zero attached hydrogens (tertiary/aromatic N) is 3. The third-order valence-corrected chi connectivity index (χ3v) is 6.46. The van der Waals surface area contributed by atoms with Gasteiger partial charge >= 0.3 is 0 Å². The molecule has 0 aliphatic heterocycles. The van der Waals surface area contributed by atoms with E-state index >= 15 is 0 Å². The maximum atomic E-state index is 6.09. The second-order valence-electron chi connectivity index (χ2n) is 6.78. The van der Waals surface area contributed by atoms with Crippen LogP contribution in [-0.4, -0.2) is 22.1 Å². The zero-order valence-electron chi connectivity index (χ0n) is 16.4. The van der Waals surface area contributed by atoms with E-state index < -0.39 is 0 Å². The molecule has 0 radical (unpaired) electrons. The molecule has 0 amide bonds. The van der Waals surface area contributed by atoms with Gasteiger partial charge in [-0.3, -0.25) is 0 Å². The average Bonchev–Trinajstić information content (AvgIpc) is 3.37. The Labute approximate surface area is 181 Å². The van der Waals surface area contributed by atoms with Crippen molar-refractivity contribution in [2.75, 3.05) is 12.4 Å². The van der Waals surface area contributed by atoms with Crippen molar-refractivity contribution in [3.8, 4) is 11.5 Å². The fourth-order valence-electron chi connectivity index (χ4n) is 3.22. The second kappa shape index (κ2) is 7.98. The minimum Gasteiger partial charge on any atom is -0.457 e. The SMILES string of the molecule is COCc1cc2c(Nc3ccc(Oc4ccc5scnc5c4)c(C)c3)ncnc2s1. The van der Waals surface area contributed by atoms with Crippen LogP contribution in [0.25, 0.3) is 20.4 Å². The molecule has 0 bridgehead atoms. The monoisotopic (exact) mass is 434 g/mol. The first-order chi connectivity index (χ1) is 14.7. The van der Waals surface area contributed by atoms with E-state index in [0.717, 1.165) is 53.9 Å². The lowest BCUT2D eigenvalue weighted by molar-refractivity contribution is 0.187. The first kappa shape index (κ1) is 18.9. The molecule has 0 aliphatic rings. The number of thiophene rings is 1. The molecule has 2 aromatic carbocycles. The molecular formula is C22H18N4O2S2. The smallest absolute Gasteiger partial charge is 0.142 e. The summed E-state index contributed by atoms with van der Waals surface area (Å²) in [6, 6.07) is 14.0. The molecule has 150 valence electrons. The van der Waals surface area contributed by atoms with Crippen molar-refractivity contribution in [3.63, 3.8) is 0 Å². The van der Waals surface area contributed by atoms with Gasteiger partial charge < -0.3 is 14.8 Å². The predicted octanol–water partition coefficient (Wildman–Crippen LogP) is 6.29. The summed E-state index contributed by atoms with van der Waals surface area (Å²) >= 11 is 3.24. The maximum Gasteiger partial charge on any atom is 0.142 e. The third kappa shape index (κ3) is 3.72. The number of methoxy groups -OCH3 is 1. The second-order valence-corrected chi connectivity index (χ2v) is 8.78. The van der Waals surface area contributed by atoms with Crippen LogP contribution in [0.3, 0.4) is 0 Å². The first-order valence-corrected chi connectivity index (χ1v) is 11.0. The number of aryl methyl sites for hydroxylation is 1. The van der Waals surface area contributed by atoms with Crippen LogP contribution in [0.5, 0.6) is 11.5 Å². The summed E-state index contributed by atoms with van der Waals surface area (Å²) in [4.78, 5) is 15.2. The Morgan fingerprint density at radius 3 is 2.83 bits per heavy atom. The number of fused-ring (bicyclic) bond motifs is 2. The molecule has 0 aliphatic carbocycles. The number of hydrogen-bond donors (Lipinski definition) is 1. The lowest BCUT2D eigenvalue weighted by Gasteiger charge is -2.12. The minimum absolute atomic E-state index is 0.568. The number of thiazole rings is 1. The molecule has 1 N–H and O–H groups in total. The van der Waals surface area contributed by atoms with Gasteiger partial charge in [0.1, 0.15) is 28.5 Å². The Kier molecular flexibility index (Phi) is 5.04. The van der Waals surface area contributed by atoms with Crippen LogP contribution < -0.4 is 10.1 Å². The molecule has 3 aromatic heterocycles. The Bertz CT molecular complexity index is 1350. The van der Waals surface area contributed by atoms with E-state index in [9.17, 15) is 0 Å². The number of nitrogens with one attached hydrogen (secondary N) is 1. The molecule has 6 nitrogen and oxygen atoms in total. The van der Waals surface area contributed by atoms with Crippen LogP contribution in [-0.2, 0) is 11.3 Å². The Morgan fingerprint density at radius 2 is 1.97 bits per heavy atom. The molecule has 0 spiro atoms. The molecule has 0 saturated carbocycles. The molecule has 0 saturated heterocycles. The van der Waals surface area contributed by atoms with Crippen LogP contribution in [0.15, 0.2) is 54.3 Å². The molecule has 0 unspecified atom stereocenters. The number of rotatable bonds is 6. The highest BCUT2D eigenvalue weighted by molar-refractivity contribution is 7.18. The van der Waals surface area contributed by atoms with Gasteiger partial charge in [-0.05, 0) is 48.9 Å². The molecule has 30 heavy (non-hydrogen) atoms. The van der Waals surface area contributed by atoms with Crippen molar-refractivity contribution in [2.45, 2.75) is 13.5 Å². The highest BCUT2D eigenvalue weighted by atomic mass is 32.1. The molecular weight excluding hydrogens is 416 g/mol. The zero-order valence-corrected chi connectivity index (χ0v) is 18.0. The van der Waals surface area contributed by atoms with Crippen molar-refractivity contribution in [2.24, 2.45) is 0 Å². The van der Waals surface area contributed by atoms with Gasteiger partial charge in [-0.1, -0.05) is 0 Å². The Morgan fingerprint density at radius 1 is 1.03 bits per heavy atom. The van der Waals surface area contributed by atoms with Gasteiger partial charge in [-0.25, -0.2) is 15.0 Å². The summed E-state index contributed by atoms with van der Waals surface area (Å²) in [5.41, 5.74) is 4.75. The molecule has 5 rings (SSSR count). The quantitative estimate of drug-likeness (QED) is 0.339. The standard InChI is InChI=1S/C22H18N4O2S2/c1-13-7-14(26-21-17-9-16(10-27-2)30-22(17)24-11-23-21)3-5-19(13)28-15-4-6-20-18(8-15)25-12-29-20/h3-9,11-12H,10H2,1-2H3,(H,23,24,26). The molecule has 3 heterocycles. The summed E-state index contributed by atoms with van der Waals surface area (Å²) < 4.78 is 12.5. The number of aromatic nitrogens is 3. The normalized spacial score (nSPS) is 11.3. The topological polar surface area (TPSA) is 69.2 Å². The fourth-order valence-corrected chi connectivity index (χ4v) is 4.85. The van der Waals surface area contributed by atoms with Crippen LogP contribution in [0, 0.1) is 6.92 Å². The fraction of sp³-hybridized carbons (Fsp3) is 0.136. The largest absolute Gasteiger partial charge is 0.457 e. The highest BCUT2D eigenvalue weighted by Gasteiger charge is 2.10. The van der Waals surface area contributed by atoms with Gasteiger partial charge in [-0.15, -0.1) is 22.7 Å². The van der Waals surface area contributed by atoms with Crippen LogP contribution >= 0.6 is 22.7 Å². The van der Waals surface area contributed by atoms with Crippen molar-refractivity contribution in [1.82, 2.24) is 15.0 Å². The van der Waals surface area contributed by atoms with Crippen molar-refractivity contribution >= 4 is 54.6 Å². The van der Waals surface area contributed by atoms with Crippen molar-refractivity contribution in [3.05, 3.63) is 64.7 Å². The van der Waals surface area contributed by atoms with E-state index in [1.807, 2.05) is 48.8 Å². The van der Waals surface area contributed by atoms with Crippen molar-refractivity contribution < 1.29 is 9.47 Å². The molecule has 0 atom stereocenters. The van der Waals surface area contributed by atoms with Gasteiger partial charge in [0.15, 0.2) is 0 Å². The van der Waals surface area contributed by atoms with E-state index in [1.54, 1.807) is 36.1 Å². The lowest BCUT2D eigenvalue weighted by Crippen LogP contribution is -1.96. The minimum atomic E-state index is 0.568. The number of hydrogen-bond acceptors (Lipinski definition) is 8. The number of benzene rings is 2. The van der Waals surface area contributed by atoms with Gasteiger partial charge in [0, 0.05) is 23.7 Å². The number of ether oxygens (including phenoxy) is 2. The average molecular weight is 435 g/mol. The molecule has 0 fully saturated rings. The Hall–Kier alpha value is -3.07. The third-order valence-electron chi connectivity index (χ3n) is 4.63. The van der Waals surface area contributed by atoms with Gasteiger partial charge in [0.2, 0.25) is 0 Å². The summed E-state index contributed by atoms with van der Waals surface area (Å²) in [7, 11) is 1.69. The lowest BCUT2D eigenvalue weighted by atomic mass is 10.2. The molecule has 5 aromatic rings.